The second-order valence-electron chi connectivity index (χ2n) is 10.9. The van der Waals surface area contributed by atoms with E-state index in [2.05, 4.69) is 0 Å². The van der Waals surface area contributed by atoms with Gasteiger partial charge in [0, 0.05) is 0 Å². The summed E-state index contributed by atoms with van der Waals surface area (Å²) < 4.78 is 31.9. The Morgan fingerprint density at radius 1 is 0.556 bits per heavy atom. The van der Waals surface area contributed by atoms with Crippen molar-refractivity contribution in [1.29, 1.82) is 0 Å². The molecular weight excluding hydrogens is 624 g/mol. The highest BCUT2D eigenvalue weighted by Crippen LogP contribution is 2.32. The molecule has 3 fully saturated rings. The van der Waals surface area contributed by atoms with Crippen LogP contribution in [0.2, 0.25) is 0 Å². The van der Waals surface area contributed by atoms with Crippen LogP contribution in [-0.4, -0.2) is 226 Å². The van der Waals surface area contributed by atoms with Crippen LogP contribution in [0.1, 0.15) is 0 Å². The first-order valence-electron chi connectivity index (χ1n) is 14.0. The normalized spacial score (nSPS) is 44.3. The Morgan fingerprint density at radius 2 is 1.09 bits per heavy atom. The Balaban J connectivity index is 1.66. The van der Waals surface area contributed by atoms with E-state index in [1.165, 1.54) is 0 Å². The topological polar surface area (TPSA) is 359 Å². The SMILES string of the molecule is OC[C@@H](O)[C@@H]1O[C@@H](OC[C@@H](O)[C@H](O)[C@H](O)[C@H](CO)O[C@H]2O[C@H](CO)[C@@H](O)[C@H](O)[C@H]2O)[C@H](O[C@H]2O[C@H](CO)[C@@H](O)[C@H](O)[C@H]2O)[C@H]1O. The Bertz CT molecular complexity index is 869. The lowest BCUT2D eigenvalue weighted by atomic mass is 9.99. The van der Waals surface area contributed by atoms with Gasteiger partial charge in [-0.05, 0) is 0 Å². The van der Waals surface area contributed by atoms with Gasteiger partial charge in [-0.2, -0.15) is 0 Å². The lowest BCUT2D eigenvalue weighted by Crippen LogP contribution is -2.61. The molecule has 0 bridgehead atoms. The highest BCUT2D eigenvalue weighted by molar-refractivity contribution is 4.95. The fraction of sp³-hybridized carbons (Fsp3) is 1.00. The van der Waals surface area contributed by atoms with Gasteiger partial charge in [0.25, 0.3) is 0 Å². The zero-order valence-electron chi connectivity index (χ0n) is 23.7. The molecule has 3 rings (SSSR count). The van der Waals surface area contributed by atoms with Crippen LogP contribution in [0.4, 0.5) is 0 Å². The van der Waals surface area contributed by atoms with Crippen molar-refractivity contribution in [1.82, 2.24) is 0 Å². The zero-order chi connectivity index (χ0) is 33.7. The van der Waals surface area contributed by atoms with Crippen molar-refractivity contribution in [3.05, 3.63) is 0 Å². The molecule has 3 aliphatic heterocycles. The van der Waals surface area contributed by atoms with Crippen LogP contribution in [0.25, 0.3) is 0 Å². The summed E-state index contributed by atoms with van der Waals surface area (Å²) in [4.78, 5) is 0. The highest BCUT2D eigenvalue weighted by Gasteiger charge is 2.53. The van der Waals surface area contributed by atoms with Gasteiger partial charge in [-0.3, -0.25) is 0 Å². The molecule has 0 aromatic rings. The van der Waals surface area contributed by atoms with Gasteiger partial charge in [0.1, 0.15) is 97.7 Å². The quantitative estimate of drug-likeness (QED) is 0.0770. The van der Waals surface area contributed by atoms with Gasteiger partial charge in [-0.1, -0.05) is 0 Å². The fourth-order valence-electron chi connectivity index (χ4n) is 5.02. The second kappa shape index (κ2) is 17.0. The maximum absolute atomic E-state index is 10.7. The van der Waals surface area contributed by atoms with E-state index in [0.717, 1.165) is 0 Å². The van der Waals surface area contributed by atoms with Crippen molar-refractivity contribution < 1.29 is 105 Å². The van der Waals surface area contributed by atoms with E-state index in [9.17, 15) is 76.6 Å². The second-order valence-corrected chi connectivity index (χ2v) is 10.9. The van der Waals surface area contributed by atoms with Crippen LogP contribution in [-0.2, 0) is 28.4 Å². The standard InChI is InChI=1S/C24H44O21/c25-1-6(29)20-19(39)21(45-23-18(38)16(36)14(34)10(4-28)43-23)24(44-20)40-5-7(30)11(31)12(32)8(2-26)41-22-17(37)15(35)13(33)9(3-27)42-22/h6-39H,1-5H2/t6-,7-,8+,9-,10-,11+,12-,13-,14-,15+,16+,17-,18-,19+,20+,21-,22+,23-,24-/m1/s1. The van der Waals surface area contributed by atoms with E-state index in [4.69, 9.17) is 28.4 Å². The summed E-state index contributed by atoms with van der Waals surface area (Å²) in [6, 6.07) is 0. The summed E-state index contributed by atoms with van der Waals surface area (Å²) in [5, 5.41) is 150. The molecule has 0 unspecified atom stereocenters. The smallest absolute Gasteiger partial charge is 0.187 e. The van der Waals surface area contributed by atoms with E-state index >= 15 is 0 Å². The predicted molar refractivity (Wildman–Crippen MR) is 136 cm³/mol. The number of aliphatic hydroxyl groups is 15. The third-order valence-corrected chi connectivity index (χ3v) is 7.83. The van der Waals surface area contributed by atoms with Crippen LogP contribution in [0.5, 0.6) is 0 Å². The average Bonchev–Trinajstić information content (AvgIpc) is 3.35. The zero-order valence-corrected chi connectivity index (χ0v) is 23.7. The molecular formula is C24H44O21. The van der Waals surface area contributed by atoms with E-state index in [1.807, 2.05) is 0 Å². The van der Waals surface area contributed by atoms with Crippen molar-refractivity contribution in [2.75, 3.05) is 33.0 Å². The monoisotopic (exact) mass is 668 g/mol. The van der Waals surface area contributed by atoms with Gasteiger partial charge >= 0.3 is 0 Å². The molecule has 19 atom stereocenters. The van der Waals surface area contributed by atoms with Gasteiger partial charge < -0.3 is 105 Å². The first kappa shape index (κ1) is 38.6. The van der Waals surface area contributed by atoms with Gasteiger partial charge in [0.15, 0.2) is 18.9 Å². The van der Waals surface area contributed by atoms with Gasteiger partial charge in [0.2, 0.25) is 0 Å². The summed E-state index contributed by atoms with van der Waals surface area (Å²) in [7, 11) is 0. The Hall–Kier alpha value is -0.840. The maximum Gasteiger partial charge on any atom is 0.187 e. The van der Waals surface area contributed by atoms with E-state index in [0.29, 0.717) is 0 Å². The van der Waals surface area contributed by atoms with Crippen molar-refractivity contribution in [3.63, 3.8) is 0 Å². The summed E-state index contributed by atoms with van der Waals surface area (Å²) in [5.74, 6) is 0. The molecule has 3 aliphatic rings. The molecule has 0 radical (unpaired) electrons. The minimum Gasteiger partial charge on any atom is -0.394 e. The molecule has 45 heavy (non-hydrogen) atoms. The molecule has 0 aromatic heterocycles. The largest absolute Gasteiger partial charge is 0.394 e. The molecule has 0 aromatic carbocycles. The van der Waals surface area contributed by atoms with E-state index in [1.54, 1.807) is 0 Å². The number of rotatable bonds is 15. The van der Waals surface area contributed by atoms with Gasteiger partial charge in [-0.25, -0.2) is 0 Å². The van der Waals surface area contributed by atoms with E-state index < -0.39 is 150 Å². The molecule has 15 N–H and O–H groups in total. The number of aliphatic hydroxyl groups excluding tert-OH is 15. The molecule has 266 valence electrons. The number of ether oxygens (including phenoxy) is 6. The van der Waals surface area contributed by atoms with Crippen LogP contribution in [0, 0.1) is 0 Å². The summed E-state index contributed by atoms with van der Waals surface area (Å²) in [5.41, 5.74) is 0. The average molecular weight is 669 g/mol. The van der Waals surface area contributed by atoms with Crippen LogP contribution in [0.3, 0.4) is 0 Å². The minimum atomic E-state index is -2.16. The van der Waals surface area contributed by atoms with Gasteiger partial charge in [0.05, 0.1) is 33.0 Å². The summed E-state index contributed by atoms with van der Waals surface area (Å²) in [6.45, 7) is -4.45. The summed E-state index contributed by atoms with van der Waals surface area (Å²) >= 11 is 0. The lowest BCUT2D eigenvalue weighted by molar-refractivity contribution is -0.328. The highest BCUT2D eigenvalue weighted by atomic mass is 16.8. The molecule has 3 heterocycles. The molecule has 3 saturated heterocycles. The Morgan fingerprint density at radius 3 is 1.60 bits per heavy atom. The summed E-state index contributed by atoms with van der Waals surface area (Å²) in [6.07, 6.45) is -34.0. The van der Waals surface area contributed by atoms with Crippen molar-refractivity contribution in [2.24, 2.45) is 0 Å². The maximum atomic E-state index is 10.7. The molecule has 21 nitrogen and oxygen atoms in total. The fourth-order valence-corrected chi connectivity index (χ4v) is 5.02. The first-order chi connectivity index (χ1) is 21.2. The number of hydrogen-bond donors (Lipinski definition) is 15. The van der Waals surface area contributed by atoms with Crippen LogP contribution < -0.4 is 0 Å². The van der Waals surface area contributed by atoms with Gasteiger partial charge in [-0.15, -0.1) is 0 Å². The molecule has 0 spiro atoms. The van der Waals surface area contributed by atoms with Crippen molar-refractivity contribution in [3.8, 4) is 0 Å². The third-order valence-electron chi connectivity index (χ3n) is 7.83. The van der Waals surface area contributed by atoms with Crippen molar-refractivity contribution >= 4 is 0 Å². The van der Waals surface area contributed by atoms with Crippen LogP contribution >= 0.6 is 0 Å². The number of hydrogen-bond acceptors (Lipinski definition) is 21. The van der Waals surface area contributed by atoms with E-state index in [-0.39, 0.29) is 0 Å². The lowest BCUT2D eigenvalue weighted by Gasteiger charge is -2.41. The minimum absolute atomic E-state index is 0.801. The molecule has 21 heteroatoms. The Kier molecular flexibility index (Phi) is 14.6. The molecule has 0 amide bonds. The molecule has 0 saturated carbocycles. The van der Waals surface area contributed by atoms with Crippen molar-refractivity contribution in [2.45, 2.75) is 117 Å². The molecule has 0 aliphatic carbocycles. The predicted octanol–water partition coefficient (Wildman–Crippen LogP) is -10.1. The van der Waals surface area contributed by atoms with Crippen LogP contribution in [0.15, 0.2) is 0 Å². The first-order valence-corrected chi connectivity index (χ1v) is 14.0. The Labute approximate surface area is 255 Å². The third kappa shape index (κ3) is 8.61.